The summed E-state index contributed by atoms with van der Waals surface area (Å²) in [5.41, 5.74) is 0.496. The maximum absolute atomic E-state index is 11.2. The van der Waals surface area contributed by atoms with Gasteiger partial charge in [0.05, 0.1) is 11.4 Å². The van der Waals surface area contributed by atoms with Crippen LogP contribution in [0.1, 0.15) is 22.3 Å². The number of nitrogens with zero attached hydrogens (tertiary/aromatic N) is 1. The minimum Gasteiger partial charge on any atom is -0.477 e. The third kappa shape index (κ3) is 3.49. The normalized spacial score (nSPS) is 10.1. The summed E-state index contributed by atoms with van der Waals surface area (Å²) in [6, 6.07) is 0. The topological polar surface area (TPSA) is 79.3 Å². The largest absolute Gasteiger partial charge is 0.477 e. The Labute approximate surface area is 101 Å². The van der Waals surface area contributed by atoms with E-state index in [0.29, 0.717) is 16.6 Å². The highest BCUT2D eigenvalue weighted by atomic mass is 32.2. The molecule has 1 amide bonds. The molecule has 0 fully saturated rings. The Kier molecular flexibility index (Phi) is 4.75. The Morgan fingerprint density at radius 3 is 2.75 bits per heavy atom. The van der Waals surface area contributed by atoms with Crippen LogP contribution in [0.3, 0.4) is 0 Å². The summed E-state index contributed by atoms with van der Waals surface area (Å²) in [5, 5.41) is 11.5. The second-order valence-electron chi connectivity index (χ2n) is 2.94. The molecule has 1 aromatic heterocycles. The number of thiazole rings is 1. The van der Waals surface area contributed by atoms with E-state index >= 15 is 0 Å². The number of rotatable bonds is 5. The molecule has 0 aromatic carbocycles. The smallest absolute Gasteiger partial charge is 0.347 e. The summed E-state index contributed by atoms with van der Waals surface area (Å²) in [6.45, 7) is 4.09. The van der Waals surface area contributed by atoms with Gasteiger partial charge in [-0.25, -0.2) is 9.78 Å². The lowest BCUT2D eigenvalue weighted by Crippen LogP contribution is -2.24. The molecule has 1 heterocycles. The third-order valence-corrected chi connectivity index (χ3v) is 3.96. The van der Waals surface area contributed by atoms with Crippen molar-refractivity contribution in [3.8, 4) is 0 Å². The fraction of sp³-hybridized carbons (Fsp3) is 0.444. The van der Waals surface area contributed by atoms with E-state index in [1.165, 1.54) is 11.8 Å². The monoisotopic (exact) mass is 260 g/mol. The highest BCUT2D eigenvalue weighted by Gasteiger charge is 2.14. The van der Waals surface area contributed by atoms with Crippen molar-refractivity contribution in [2.75, 3.05) is 12.3 Å². The number of carboxylic acid groups (broad SMARTS) is 1. The van der Waals surface area contributed by atoms with E-state index < -0.39 is 5.97 Å². The van der Waals surface area contributed by atoms with Crippen LogP contribution in [0.25, 0.3) is 0 Å². The average molecular weight is 260 g/mol. The number of amides is 1. The molecule has 1 rings (SSSR count). The van der Waals surface area contributed by atoms with Gasteiger partial charge in [-0.3, -0.25) is 4.79 Å². The molecule has 88 valence electrons. The molecular weight excluding hydrogens is 248 g/mol. The summed E-state index contributed by atoms with van der Waals surface area (Å²) in [5.74, 6) is -0.781. The zero-order valence-corrected chi connectivity index (χ0v) is 10.6. The molecule has 0 saturated carbocycles. The Morgan fingerprint density at radius 2 is 2.25 bits per heavy atom. The molecule has 0 aliphatic rings. The lowest BCUT2D eigenvalue weighted by Gasteiger charge is -1.98. The van der Waals surface area contributed by atoms with Crippen molar-refractivity contribution in [3.63, 3.8) is 0 Å². The first-order chi connectivity index (χ1) is 7.54. The lowest BCUT2D eigenvalue weighted by atomic mass is 10.4. The van der Waals surface area contributed by atoms with Gasteiger partial charge >= 0.3 is 5.97 Å². The second-order valence-corrected chi connectivity index (χ2v) is 5.16. The SMILES string of the molecule is CCNC(=O)CSc1nc(C)c(C(=O)O)s1. The molecule has 0 atom stereocenters. The molecular formula is C9H12N2O3S2. The second kappa shape index (κ2) is 5.86. The molecule has 0 radical (unpaired) electrons. The molecule has 7 heteroatoms. The number of nitrogens with one attached hydrogen (secondary N) is 1. The van der Waals surface area contributed by atoms with Crippen LogP contribution in [-0.2, 0) is 4.79 Å². The van der Waals surface area contributed by atoms with E-state index in [4.69, 9.17) is 5.11 Å². The predicted molar refractivity (Wildman–Crippen MR) is 63.2 cm³/mol. The molecule has 0 bridgehead atoms. The quantitative estimate of drug-likeness (QED) is 0.782. The number of hydrogen-bond donors (Lipinski definition) is 2. The van der Waals surface area contributed by atoms with E-state index in [1.54, 1.807) is 6.92 Å². The fourth-order valence-electron chi connectivity index (χ4n) is 1.01. The van der Waals surface area contributed by atoms with Crippen molar-refractivity contribution in [1.29, 1.82) is 0 Å². The summed E-state index contributed by atoms with van der Waals surface area (Å²) >= 11 is 2.35. The highest BCUT2D eigenvalue weighted by Crippen LogP contribution is 2.26. The number of aryl methyl sites for hydroxylation is 1. The molecule has 16 heavy (non-hydrogen) atoms. The van der Waals surface area contributed by atoms with Gasteiger partial charge < -0.3 is 10.4 Å². The van der Waals surface area contributed by atoms with Gasteiger partial charge in [0.2, 0.25) is 5.91 Å². The van der Waals surface area contributed by atoms with Crippen LogP contribution < -0.4 is 5.32 Å². The number of thioether (sulfide) groups is 1. The summed E-state index contributed by atoms with van der Waals surface area (Å²) in [7, 11) is 0. The standard InChI is InChI=1S/C9H12N2O3S2/c1-3-10-6(12)4-15-9-11-5(2)7(16-9)8(13)14/h3-4H2,1-2H3,(H,10,12)(H,13,14). The number of hydrogen-bond acceptors (Lipinski definition) is 5. The van der Waals surface area contributed by atoms with E-state index in [0.717, 1.165) is 11.3 Å². The number of aromatic carboxylic acids is 1. The summed E-state index contributed by atoms with van der Waals surface area (Å²) in [4.78, 5) is 26.2. The molecule has 5 nitrogen and oxygen atoms in total. The van der Waals surface area contributed by atoms with Crippen molar-refractivity contribution >= 4 is 35.0 Å². The van der Waals surface area contributed by atoms with Crippen LogP contribution in [0.5, 0.6) is 0 Å². The van der Waals surface area contributed by atoms with Crippen LogP contribution in [-0.4, -0.2) is 34.3 Å². The first kappa shape index (κ1) is 13.0. The fourth-order valence-corrected chi connectivity index (χ4v) is 2.87. The zero-order chi connectivity index (χ0) is 12.1. The highest BCUT2D eigenvalue weighted by molar-refractivity contribution is 8.01. The predicted octanol–water partition coefficient (Wildman–Crippen LogP) is 1.38. The minimum absolute atomic E-state index is 0.0720. The van der Waals surface area contributed by atoms with Crippen molar-refractivity contribution in [2.24, 2.45) is 0 Å². The first-order valence-corrected chi connectivity index (χ1v) is 6.45. The van der Waals surface area contributed by atoms with Gasteiger partial charge in [-0.1, -0.05) is 11.8 Å². The zero-order valence-electron chi connectivity index (χ0n) is 8.94. The Hall–Kier alpha value is -1.08. The van der Waals surface area contributed by atoms with E-state index in [9.17, 15) is 9.59 Å². The van der Waals surface area contributed by atoms with Gasteiger partial charge in [0.15, 0.2) is 4.34 Å². The van der Waals surface area contributed by atoms with E-state index in [1.807, 2.05) is 6.92 Å². The van der Waals surface area contributed by atoms with Crippen molar-refractivity contribution < 1.29 is 14.7 Å². The van der Waals surface area contributed by atoms with Crippen LogP contribution in [0.2, 0.25) is 0 Å². The van der Waals surface area contributed by atoms with Gasteiger partial charge in [0.25, 0.3) is 0 Å². The van der Waals surface area contributed by atoms with Gasteiger partial charge in [-0.15, -0.1) is 11.3 Å². The molecule has 1 aromatic rings. The molecule has 0 aliphatic heterocycles. The van der Waals surface area contributed by atoms with E-state index in [2.05, 4.69) is 10.3 Å². The van der Waals surface area contributed by atoms with Gasteiger partial charge in [-0.2, -0.15) is 0 Å². The maximum Gasteiger partial charge on any atom is 0.347 e. The van der Waals surface area contributed by atoms with Gasteiger partial charge in [-0.05, 0) is 13.8 Å². The van der Waals surface area contributed by atoms with Crippen molar-refractivity contribution in [2.45, 2.75) is 18.2 Å². The molecule has 0 spiro atoms. The number of carboxylic acids is 1. The summed E-state index contributed by atoms with van der Waals surface area (Å²) < 4.78 is 0.612. The lowest BCUT2D eigenvalue weighted by molar-refractivity contribution is -0.118. The van der Waals surface area contributed by atoms with Crippen LogP contribution in [0.15, 0.2) is 4.34 Å². The van der Waals surface area contributed by atoms with Crippen molar-refractivity contribution in [3.05, 3.63) is 10.6 Å². The van der Waals surface area contributed by atoms with Gasteiger partial charge in [0, 0.05) is 6.54 Å². The Balaban J connectivity index is 2.58. The van der Waals surface area contributed by atoms with Crippen molar-refractivity contribution in [1.82, 2.24) is 10.3 Å². The average Bonchev–Trinajstić information content (AvgIpc) is 2.57. The molecule has 2 N–H and O–H groups in total. The number of aromatic nitrogens is 1. The van der Waals surface area contributed by atoms with Crippen LogP contribution >= 0.6 is 23.1 Å². The molecule has 0 aliphatic carbocycles. The molecule has 0 unspecified atom stereocenters. The van der Waals surface area contributed by atoms with Crippen LogP contribution in [0.4, 0.5) is 0 Å². The summed E-state index contributed by atoms with van der Waals surface area (Å²) in [6.07, 6.45) is 0. The van der Waals surface area contributed by atoms with Gasteiger partial charge in [0.1, 0.15) is 4.88 Å². The number of carbonyl (C=O) groups excluding carboxylic acids is 1. The Morgan fingerprint density at radius 1 is 1.56 bits per heavy atom. The first-order valence-electron chi connectivity index (χ1n) is 4.64. The van der Waals surface area contributed by atoms with E-state index in [-0.39, 0.29) is 16.5 Å². The molecule has 0 saturated heterocycles. The maximum atomic E-state index is 11.2. The van der Waals surface area contributed by atoms with Crippen LogP contribution in [0, 0.1) is 6.92 Å². The third-order valence-electron chi connectivity index (χ3n) is 1.67. The minimum atomic E-state index is -0.972. The Bertz CT molecular complexity index is 403. The number of carbonyl (C=O) groups is 2.